The van der Waals surface area contributed by atoms with Crippen LogP contribution in [0.2, 0.25) is 0 Å². The monoisotopic (exact) mass is 467 g/mol. The maximum absolute atomic E-state index is 13.5. The lowest BCUT2D eigenvalue weighted by atomic mass is 9.99. The minimum absolute atomic E-state index is 0.130. The number of carbonyl (C=O) groups is 1. The highest BCUT2D eigenvalue weighted by molar-refractivity contribution is 5.98. The van der Waals surface area contributed by atoms with Crippen molar-refractivity contribution in [2.24, 2.45) is 7.05 Å². The first kappa shape index (κ1) is 21.9. The number of amides is 1. The largest absolute Gasteiger partial charge is 0.481 e. The zero-order valence-electron chi connectivity index (χ0n) is 18.4. The third-order valence-corrected chi connectivity index (χ3v) is 5.96. The van der Waals surface area contributed by atoms with Crippen LogP contribution in [0, 0.1) is 0 Å². The molecule has 0 saturated carbocycles. The second kappa shape index (κ2) is 8.12. The van der Waals surface area contributed by atoms with Crippen molar-refractivity contribution in [3.05, 3.63) is 71.2 Å². The summed E-state index contributed by atoms with van der Waals surface area (Å²) < 4.78 is 46.9. The van der Waals surface area contributed by atoms with E-state index in [1.54, 1.807) is 28.9 Å². The maximum Gasteiger partial charge on any atom is 0.421 e. The summed E-state index contributed by atoms with van der Waals surface area (Å²) in [6, 6.07) is 10.1. The first-order valence-corrected chi connectivity index (χ1v) is 10.6. The number of benzene rings is 1. The van der Waals surface area contributed by atoms with Gasteiger partial charge in [0.05, 0.1) is 30.6 Å². The maximum atomic E-state index is 13.5. The number of ether oxygens (including phenoxy) is 1. The van der Waals surface area contributed by atoms with Gasteiger partial charge in [-0.05, 0) is 36.8 Å². The lowest BCUT2D eigenvalue weighted by Crippen LogP contribution is -2.36. The summed E-state index contributed by atoms with van der Waals surface area (Å²) in [6.45, 7) is 0.689. The average Bonchev–Trinajstić information content (AvgIpc) is 3.17. The van der Waals surface area contributed by atoms with Crippen LogP contribution in [-0.4, -0.2) is 44.2 Å². The average molecular weight is 467 g/mol. The van der Waals surface area contributed by atoms with Gasteiger partial charge in [-0.15, -0.1) is 0 Å². The summed E-state index contributed by atoms with van der Waals surface area (Å²) >= 11 is 0. The molecule has 3 aromatic heterocycles. The Morgan fingerprint density at radius 1 is 1.15 bits per heavy atom. The first-order valence-electron chi connectivity index (χ1n) is 10.6. The topological polar surface area (TPSA) is 73.1 Å². The number of methoxy groups -OCH3 is 1. The number of pyridine rings is 2. The van der Waals surface area contributed by atoms with Crippen molar-refractivity contribution in [3.63, 3.8) is 0 Å². The fraction of sp³-hybridized carbons (Fsp3) is 0.250. The number of rotatable bonds is 3. The number of hydrogen-bond donors (Lipinski definition) is 0. The molecule has 0 radical (unpaired) electrons. The molecule has 1 aliphatic heterocycles. The van der Waals surface area contributed by atoms with Gasteiger partial charge in [-0.3, -0.25) is 14.5 Å². The summed E-state index contributed by atoms with van der Waals surface area (Å²) in [5.41, 5.74) is 2.74. The van der Waals surface area contributed by atoms with Gasteiger partial charge >= 0.3 is 6.18 Å². The van der Waals surface area contributed by atoms with E-state index in [1.807, 2.05) is 24.3 Å². The fourth-order valence-electron chi connectivity index (χ4n) is 4.39. The molecule has 1 aliphatic rings. The van der Waals surface area contributed by atoms with E-state index in [9.17, 15) is 18.0 Å². The molecule has 0 bridgehead atoms. The highest BCUT2D eigenvalue weighted by Crippen LogP contribution is 2.38. The zero-order valence-corrected chi connectivity index (χ0v) is 18.4. The van der Waals surface area contributed by atoms with Gasteiger partial charge in [0.2, 0.25) is 5.88 Å². The van der Waals surface area contributed by atoms with E-state index in [1.165, 1.54) is 6.20 Å². The molecular formula is C24H20F3N5O2. The molecule has 34 heavy (non-hydrogen) atoms. The van der Waals surface area contributed by atoms with E-state index < -0.39 is 17.6 Å². The van der Waals surface area contributed by atoms with Crippen molar-refractivity contribution >= 4 is 16.8 Å². The van der Waals surface area contributed by atoms with Gasteiger partial charge in [0.1, 0.15) is 5.56 Å². The predicted molar refractivity (Wildman–Crippen MR) is 118 cm³/mol. The number of alkyl halides is 3. The second-order valence-electron chi connectivity index (χ2n) is 8.06. The van der Waals surface area contributed by atoms with Gasteiger partial charge in [0.25, 0.3) is 5.91 Å². The Hall–Kier alpha value is -3.95. The molecule has 0 saturated heterocycles. The van der Waals surface area contributed by atoms with Crippen LogP contribution < -0.4 is 4.74 Å². The molecular weight excluding hydrogens is 447 g/mol. The Bertz CT molecular complexity index is 1410. The third-order valence-electron chi connectivity index (χ3n) is 5.96. The van der Waals surface area contributed by atoms with E-state index in [0.717, 1.165) is 29.6 Å². The number of aryl methyl sites for hydroxylation is 1. The van der Waals surface area contributed by atoms with Crippen molar-refractivity contribution in [1.29, 1.82) is 0 Å². The SMILES string of the molecule is COc1ncc(-c2c3c(nn2C)CN(C(=O)c2ccc4ncccc4c2)CC3)cc1C(F)(F)F. The second-order valence-corrected chi connectivity index (χ2v) is 8.06. The van der Waals surface area contributed by atoms with E-state index >= 15 is 0 Å². The van der Waals surface area contributed by atoms with Crippen molar-refractivity contribution in [2.75, 3.05) is 13.7 Å². The van der Waals surface area contributed by atoms with Crippen LogP contribution in [0.15, 0.2) is 48.8 Å². The van der Waals surface area contributed by atoms with E-state index in [4.69, 9.17) is 4.74 Å². The number of hydrogen-bond acceptors (Lipinski definition) is 5. The van der Waals surface area contributed by atoms with Gasteiger partial charge in [0.15, 0.2) is 0 Å². The molecule has 1 amide bonds. The molecule has 0 N–H and O–H groups in total. The molecule has 0 fully saturated rings. The van der Waals surface area contributed by atoms with E-state index in [2.05, 4.69) is 15.1 Å². The summed E-state index contributed by atoms with van der Waals surface area (Å²) in [5.74, 6) is -0.608. The van der Waals surface area contributed by atoms with Crippen LogP contribution in [0.25, 0.3) is 22.2 Å². The standard InChI is InChI=1S/C24H20F3N5O2/c1-31-21(16-11-18(24(25,26)27)22(34-2)29-12-16)17-7-9-32(13-20(17)30-31)23(33)15-5-6-19-14(10-15)4-3-8-28-19/h3-6,8,10-12H,7,9,13H2,1-2H3. The van der Waals surface area contributed by atoms with Gasteiger partial charge in [-0.2, -0.15) is 18.3 Å². The third kappa shape index (κ3) is 3.74. The minimum Gasteiger partial charge on any atom is -0.481 e. The quantitative estimate of drug-likeness (QED) is 0.450. The summed E-state index contributed by atoms with van der Waals surface area (Å²) in [6.07, 6.45) is -1.09. The Morgan fingerprint density at radius 3 is 2.74 bits per heavy atom. The highest BCUT2D eigenvalue weighted by Gasteiger charge is 2.36. The summed E-state index contributed by atoms with van der Waals surface area (Å²) in [7, 11) is 2.83. The van der Waals surface area contributed by atoms with E-state index in [-0.39, 0.29) is 12.5 Å². The molecule has 0 unspecified atom stereocenters. The highest BCUT2D eigenvalue weighted by atomic mass is 19.4. The number of aromatic nitrogens is 4. The Kier molecular flexibility index (Phi) is 5.22. The van der Waals surface area contributed by atoms with Crippen molar-refractivity contribution in [3.8, 4) is 17.1 Å². The van der Waals surface area contributed by atoms with Crippen molar-refractivity contribution < 1.29 is 22.7 Å². The Balaban J connectivity index is 1.46. The van der Waals surface area contributed by atoms with Gasteiger partial charge in [0, 0.05) is 48.1 Å². The number of nitrogens with zero attached hydrogens (tertiary/aromatic N) is 5. The van der Waals surface area contributed by atoms with Crippen LogP contribution in [0.1, 0.15) is 27.2 Å². The van der Waals surface area contributed by atoms with Crippen LogP contribution in [0.4, 0.5) is 13.2 Å². The van der Waals surface area contributed by atoms with Gasteiger partial charge in [-0.25, -0.2) is 4.98 Å². The molecule has 0 atom stereocenters. The van der Waals surface area contributed by atoms with Crippen molar-refractivity contribution in [1.82, 2.24) is 24.6 Å². The molecule has 4 heterocycles. The first-order chi connectivity index (χ1) is 16.3. The number of carbonyl (C=O) groups excluding carboxylic acids is 1. The van der Waals surface area contributed by atoms with Crippen LogP contribution in [0.5, 0.6) is 5.88 Å². The minimum atomic E-state index is -4.61. The molecule has 7 nitrogen and oxygen atoms in total. The number of fused-ring (bicyclic) bond motifs is 2. The smallest absolute Gasteiger partial charge is 0.421 e. The van der Waals surface area contributed by atoms with Crippen LogP contribution >= 0.6 is 0 Å². The fourth-order valence-corrected chi connectivity index (χ4v) is 4.39. The van der Waals surface area contributed by atoms with Gasteiger partial charge < -0.3 is 9.64 Å². The lowest BCUT2D eigenvalue weighted by Gasteiger charge is -2.27. The number of halogens is 3. The molecule has 5 rings (SSSR count). The molecule has 0 spiro atoms. The lowest BCUT2D eigenvalue weighted by molar-refractivity contribution is -0.139. The van der Waals surface area contributed by atoms with Crippen molar-refractivity contribution in [2.45, 2.75) is 19.1 Å². The molecule has 0 aliphatic carbocycles. The zero-order chi connectivity index (χ0) is 24.0. The normalized spacial score (nSPS) is 13.7. The Labute approximate surface area is 192 Å². The predicted octanol–water partition coefficient (Wildman–Crippen LogP) is 4.26. The molecule has 1 aromatic carbocycles. The Morgan fingerprint density at radius 2 is 1.97 bits per heavy atom. The molecule has 10 heteroatoms. The van der Waals surface area contributed by atoms with Crippen LogP contribution in [-0.2, 0) is 26.2 Å². The summed E-state index contributed by atoms with van der Waals surface area (Å²) in [5, 5.41) is 5.38. The van der Waals surface area contributed by atoms with E-state index in [0.29, 0.717) is 35.5 Å². The molecule has 4 aromatic rings. The molecule has 174 valence electrons. The van der Waals surface area contributed by atoms with Crippen LogP contribution in [0.3, 0.4) is 0 Å². The summed E-state index contributed by atoms with van der Waals surface area (Å²) in [4.78, 5) is 23.0. The van der Waals surface area contributed by atoms with Gasteiger partial charge in [-0.1, -0.05) is 6.07 Å².